The minimum Gasteiger partial charge on any atom is -0.372 e. The van der Waals surface area contributed by atoms with Gasteiger partial charge in [-0.2, -0.15) is 0 Å². The van der Waals surface area contributed by atoms with Crippen molar-refractivity contribution in [3.63, 3.8) is 0 Å². The Bertz CT molecular complexity index is 364. The third-order valence-electron chi connectivity index (χ3n) is 2.55. The summed E-state index contributed by atoms with van der Waals surface area (Å²) in [5.41, 5.74) is 1.11. The lowest BCUT2D eigenvalue weighted by atomic mass is 10.1. The summed E-state index contributed by atoms with van der Waals surface area (Å²) in [5, 5.41) is 3.57. The zero-order valence-electron chi connectivity index (χ0n) is 10.2. The third kappa shape index (κ3) is 4.75. The number of hydrogen-bond acceptors (Lipinski definition) is 2. The molecule has 1 unspecified atom stereocenters. The van der Waals surface area contributed by atoms with Crippen LogP contribution in [0.3, 0.4) is 0 Å². The summed E-state index contributed by atoms with van der Waals surface area (Å²) >= 11 is 5.87. The zero-order valence-corrected chi connectivity index (χ0v) is 11.0. The van der Waals surface area contributed by atoms with Crippen LogP contribution in [-0.2, 0) is 16.0 Å². The summed E-state index contributed by atoms with van der Waals surface area (Å²) < 4.78 is 5.05. The number of carbonyl (C=O) groups excluding carboxylic acids is 1. The molecule has 0 radical (unpaired) electrons. The Morgan fingerprint density at radius 2 is 2.29 bits per heavy atom. The van der Waals surface area contributed by atoms with Crippen molar-refractivity contribution in [1.29, 1.82) is 0 Å². The molecule has 0 saturated carbocycles. The molecule has 1 atom stereocenters. The van der Waals surface area contributed by atoms with Gasteiger partial charge in [0.2, 0.25) is 5.91 Å². The van der Waals surface area contributed by atoms with Crippen molar-refractivity contribution >= 4 is 17.5 Å². The number of rotatable bonds is 6. The largest absolute Gasteiger partial charge is 0.372 e. The molecule has 0 spiro atoms. The molecule has 1 aromatic rings. The summed E-state index contributed by atoms with van der Waals surface area (Å²) in [5.74, 6) is -0.0583. The average Bonchev–Trinajstić information content (AvgIpc) is 2.30. The number of methoxy groups -OCH3 is 1. The van der Waals surface area contributed by atoms with Gasteiger partial charge in [-0.3, -0.25) is 4.79 Å². The van der Waals surface area contributed by atoms with Gasteiger partial charge in [0.05, 0.1) is 0 Å². The van der Waals surface area contributed by atoms with Crippen molar-refractivity contribution in [2.75, 3.05) is 13.7 Å². The highest BCUT2D eigenvalue weighted by Gasteiger charge is 2.13. The van der Waals surface area contributed by atoms with E-state index >= 15 is 0 Å². The second kappa shape index (κ2) is 7.30. The van der Waals surface area contributed by atoms with E-state index in [1.165, 1.54) is 0 Å². The van der Waals surface area contributed by atoms with Crippen LogP contribution in [0.4, 0.5) is 0 Å². The van der Waals surface area contributed by atoms with Crippen molar-refractivity contribution in [3.05, 3.63) is 34.9 Å². The molecule has 0 heterocycles. The Morgan fingerprint density at radius 1 is 1.53 bits per heavy atom. The Balaban J connectivity index is 2.35. The van der Waals surface area contributed by atoms with Gasteiger partial charge in [0.15, 0.2) is 0 Å². The van der Waals surface area contributed by atoms with Gasteiger partial charge >= 0.3 is 0 Å². The molecule has 17 heavy (non-hydrogen) atoms. The molecule has 1 aromatic carbocycles. The van der Waals surface area contributed by atoms with Crippen molar-refractivity contribution < 1.29 is 9.53 Å². The van der Waals surface area contributed by atoms with Crippen LogP contribution < -0.4 is 5.32 Å². The standard InChI is InChI=1S/C13H18ClNO2/c1-3-12(17-2)13(16)15-8-7-10-5-4-6-11(14)9-10/h4-6,9,12H,3,7-8H2,1-2H3,(H,15,16). The zero-order chi connectivity index (χ0) is 12.7. The van der Waals surface area contributed by atoms with E-state index in [2.05, 4.69) is 5.32 Å². The van der Waals surface area contributed by atoms with E-state index < -0.39 is 0 Å². The molecular weight excluding hydrogens is 238 g/mol. The van der Waals surface area contributed by atoms with E-state index in [0.717, 1.165) is 17.0 Å². The van der Waals surface area contributed by atoms with E-state index in [4.69, 9.17) is 16.3 Å². The van der Waals surface area contributed by atoms with Gasteiger partial charge in [0, 0.05) is 18.7 Å². The molecule has 0 bridgehead atoms. The predicted octanol–water partition coefficient (Wildman–Crippen LogP) is 2.42. The maximum absolute atomic E-state index is 11.6. The number of benzene rings is 1. The van der Waals surface area contributed by atoms with E-state index in [9.17, 15) is 4.79 Å². The summed E-state index contributed by atoms with van der Waals surface area (Å²) in [6, 6.07) is 7.64. The summed E-state index contributed by atoms with van der Waals surface area (Å²) in [4.78, 5) is 11.6. The van der Waals surface area contributed by atoms with Gasteiger partial charge in [0.25, 0.3) is 0 Å². The van der Waals surface area contributed by atoms with Crippen LogP contribution in [0.5, 0.6) is 0 Å². The van der Waals surface area contributed by atoms with Crippen LogP contribution in [0, 0.1) is 0 Å². The molecule has 94 valence electrons. The van der Waals surface area contributed by atoms with Crippen molar-refractivity contribution in [2.45, 2.75) is 25.9 Å². The fourth-order valence-electron chi connectivity index (χ4n) is 1.60. The first-order valence-corrected chi connectivity index (χ1v) is 6.10. The van der Waals surface area contributed by atoms with E-state index in [-0.39, 0.29) is 12.0 Å². The van der Waals surface area contributed by atoms with Crippen molar-refractivity contribution in [2.24, 2.45) is 0 Å². The van der Waals surface area contributed by atoms with Crippen LogP contribution in [0.1, 0.15) is 18.9 Å². The fourth-order valence-corrected chi connectivity index (χ4v) is 1.81. The van der Waals surface area contributed by atoms with Crippen molar-refractivity contribution in [3.8, 4) is 0 Å². The van der Waals surface area contributed by atoms with Crippen LogP contribution in [0.15, 0.2) is 24.3 Å². The van der Waals surface area contributed by atoms with Gasteiger partial charge in [-0.15, -0.1) is 0 Å². The molecule has 4 heteroatoms. The predicted molar refractivity (Wildman–Crippen MR) is 69.3 cm³/mol. The molecule has 1 N–H and O–H groups in total. The number of ether oxygens (including phenoxy) is 1. The number of nitrogens with one attached hydrogen (secondary N) is 1. The average molecular weight is 256 g/mol. The Kier molecular flexibility index (Phi) is 6.01. The molecular formula is C13H18ClNO2. The molecule has 1 amide bonds. The third-order valence-corrected chi connectivity index (χ3v) is 2.78. The molecule has 0 fully saturated rings. The van der Waals surface area contributed by atoms with Crippen LogP contribution in [0.2, 0.25) is 5.02 Å². The molecule has 0 aromatic heterocycles. The molecule has 0 aliphatic rings. The highest BCUT2D eigenvalue weighted by molar-refractivity contribution is 6.30. The maximum atomic E-state index is 11.6. The van der Waals surface area contributed by atoms with Crippen molar-refractivity contribution in [1.82, 2.24) is 5.32 Å². The van der Waals surface area contributed by atoms with E-state index in [0.29, 0.717) is 13.0 Å². The van der Waals surface area contributed by atoms with Crippen LogP contribution >= 0.6 is 11.6 Å². The molecule has 0 aliphatic heterocycles. The van der Waals surface area contributed by atoms with E-state index in [1.54, 1.807) is 7.11 Å². The van der Waals surface area contributed by atoms with Crippen LogP contribution in [0.25, 0.3) is 0 Å². The van der Waals surface area contributed by atoms with E-state index in [1.807, 2.05) is 31.2 Å². The summed E-state index contributed by atoms with van der Waals surface area (Å²) in [7, 11) is 1.55. The fraction of sp³-hybridized carbons (Fsp3) is 0.462. The Hall–Kier alpha value is -1.06. The molecule has 0 aliphatic carbocycles. The monoisotopic (exact) mass is 255 g/mol. The van der Waals surface area contributed by atoms with Gasteiger partial charge in [0.1, 0.15) is 6.10 Å². The summed E-state index contributed by atoms with van der Waals surface area (Å²) in [6.45, 7) is 2.52. The minimum atomic E-state index is -0.352. The molecule has 0 saturated heterocycles. The highest BCUT2D eigenvalue weighted by atomic mass is 35.5. The first-order valence-electron chi connectivity index (χ1n) is 5.72. The maximum Gasteiger partial charge on any atom is 0.249 e. The lowest BCUT2D eigenvalue weighted by Crippen LogP contribution is -2.36. The normalized spacial score (nSPS) is 12.2. The number of halogens is 1. The topological polar surface area (TPSA) is 38.3 Å². The Morgan fingerprint density at radius 3 is 2.88 bits per heavy atom. The smallest absolute Gasteiger partial charge is 0.249 e. The number of carbonyl (C=O) groups is 1. The second-order valence-corrected chi connectivity index (χ2v) is 4.24. The SMILES string of the molecule is CCC(OC)C(=O)NCCc1cccc(Cl)c1. The molecule has 1 rings (SSSR count). The highest BCUT2D eigenvalue weighted by Crippen LogP contribution is 2.10. The Labute approximate surface area is 107 Å². The van der Waals surface area contributed by atoms with Gasteiger partial charge in [-0.1, -0.05) is 30.7 Å². The second-order valence-electron chi connectivity index (χ2n) is 3.80. The lowest BCUT2D eigenvalue weighted by molar-refractivity contribution is -0.131. The van der Waals surface area contributed by atoms with Gasteiger partial charge < -0.3 is 10.1 Å². The first-order chi connectivity index (χ1) is 8.17. The van der Waals surface area contributed by atoms with Gasteiger partial charge in [-0.05, 0) is 30.5 Å². The lowest BCUT2D eigenvalue weighted by Gasteiger charge is -2.13. The summed E-state index contributed by atoms with van der Waals surface area (Å²) in [6.07, 6.45) is 1.10. The number of hydrogen-bond donors (Lipinski definition) is 1. The minimum absolute atomic E-state index is 0.0583. The first kappa shape index (κ1) is 14.0. The molecule has 3 nitrogen and oxygen atoms in total. The number of amides is 1. The van der Waals surface area contributed by atoms with Gasteiger partial charge in [-0.25, -0.2) is 0 Å². The van der Waals surface area contributed by atoms with Crippen LogP contribution in [-0.4, -0.2) is 25.7 Å². The quantitative estimate of drug-likeness (QED) is 0.848.